The summed E-state index contributed by atoms with van der Waals surface area (Å²) in [6.07, 6.45) is 1.73. The Morgan fingerprint density at radius 2 is 2.11 bits per heavy atom. The molecule has 0 atom stereocenters. The zero-order valence-electron chi connectivity index (χ0n) is 10.8. The second-order valence-corrected chi connectivity index (χ2v) is 5.62. The van der Waals surface area contributed by atoms with Crippen molar-refractivity contribution < 1.29 is 4.79 Å². The van der Waals surface area contributed by atoms with E-state index in [2.05, 4.69) is 15.4 Å². The third kappa shape index (κ3) is 2.61. The second-order valence-electron chi connectivity index (χ2n) is 5.24. The highest BCUT2D eigenvalue weighted by Crippen LogP contribution is 2.15. The van der Waals surface area contributed by atoms with Crippen molar-refractivity contribution in [3.8, 4) is 0 Å². The fourth-order valence-corrected chi connectivity index (χ4v) is 1.83. The normalized spacial score (nSPS) is 11.8. The number of fused-ring (bicyclic) bond motifs is 1. The number of amides is 1. The lowest BCUT2D eigenvalue weighted by Gasteiger charge is -2.20. The van der Waals surface area contributed by atoms with Gasteiger partial charge >= 0.3 is 0 Å². The molecular weight excluding hydrogens is 252 g/mol. The molecule has 0 aliphatic rings. The molecule has 0 fully saturated rings. The van der Waals surface area contributed by atoms with E-state index in [0.29, 0.717) is 11.2 Å². The van der Waals surface area contributed by atoms with Crippen molar-refractivity contribution in [2.24, 2.45) is 0 Å². The fraction of sp³-hybridized carbons (Fsp3) is 0.417. The average Bonchev–Trinajstić information content (AvgIpc) is 2.53. The van der Waals surface area contributed by atoms with Crippen LogP contribution in [-0.2, 0) is 0 Å². The molecule has 0 aliphatic heterocycles. The first-order chi connectivity index (χ1) is 8.26. The van der Waals surface area contributed by atoms with Crippen molar-refractivity contribution in [1.29, 1.82) is 0 Å². The molecule has 96 valence electrons. The third-order valence-electron chi connectivity index (χ3n) is 2.25. The first kappa shape index (κ1) is 12.8. The van der Waals surface area contributed by atoms with Crippen LogP contribution in [0, 0.1) is 6.92 Å². The number of rotatable bonds is 1. The Morgan fingerprint density at radius 1 is 1.44 bits per heavy atom. The van der Waals surface area contributed by atoms with Gasteiger partial charge in [-0.2, -0.15) is 5.10 Å². The van der Waals surface area contributed by atoms with E-state index in [-0.39, 0.29) is 16.6 Å². The molecule has 0 bridgehead atoms. The van der Waals surface area contributed by atoms with E-state index in [4.69, 9.17) is 11.6 Å². The van der Waals surface area contributed by atoms with Crippen LogP contribution in [0.2, 0.25) is 5.15 Å². The number of hydrogen-bond donors (Lipinski definition) is 1. The number of carbonyl (C=O) groups is 1. The van der Waals surface area contributed by atoms with Gasteiger partial charge in [0.1, 0.15) is 0 Å². The lowest BCUT2D eigenvalue weighted by atomic mass is 10.1. The minimum atomic E-state index is -0.314. The Balaban J connectivity index is 2.52. The molecule has 2 rings (SSSR count). The number of aromatic nitrogens is 3. The molecule has 1 amide bonds. The summed E-state index contributed by atoms with van der Waals surface area (Å²) in [5, 5.41) is 7.22. The largest absolute Gasteiger partial charge is 0.347 e. The first-order valence-electron chi connectivity index (χ1n) is 5.61. The number of nitrogens with zero attached hydrogens (tertiary/aromatic N) is 3. The van der Waals surface area contributed by atoms with Crippen molar-refractivity contribution in [3.05, 3.63) is 28.7 Å². The maximum atomic E-state index is 12.2. The lowest BCUT2D eigenvalue weighted by Crippen LogP contribution is -2.40. The summed E-state index contributed by atoms with van der Waals surface area (Å²) in [6, 6.07) is 1.53. The molecule has 6 heteroatoms. The van der Waals surface area contributed by atoms with Crippen LogP contribution in [0.5, 0.6) is 0 Å². The van der Waals surface area contributed by atoms with Gasteiger partial charge in [0.15, 0.2) is 10.8 Å². The monoisotopic (exact) mass is 266 g/mol. The Morgan fingerprint density at radius 3 is 2.72 bits per heavy atom. The van der Waals surface area contributed by atoms with Gasteiger partial charge in [0.25, 0.3) is 5.91 Å². The van der Waals surface area contributed by atoms with Gasteiger partial charge in [-0.25, -0.2) is 9.50 Å². The number of hydrogen-bond acceptors (Lipinski definition) is 3. The van der Waals surface area contributed by atoms with E-state index in [1.54, 1.807) is 6.20 Å². The molecule has 0 radical (unpaired) electrons. The Hall–Kier alpha value is -1.62. The van der Waals surface area contributed by atoms with Crippen molar-refractivity contribution in [2.75, 3.05) is 0 Å². The number of halogens is 1. The van der Waals surface area contributed by atoms with E-state index in [0.717, 1.165) is 5.69 Å². The van der Waals surface area contributed by atoms with Crippen LogP contribution in [0.15, 0.2) is 12.3 Å². The van der Waals surface area contributed by atoms with Crippen LogP contribution in [0.4, 0.5) is 0 Å². The molecular formula is C12H15ClN4O. The number of aryl methyl sites for hydroxylation is 1. The predicted molar refractivity (Wildman–Crippen MR) is 70.0 cm³/mol. The Kier molecular flexibility index (Phi) is 3.02. The summed E-state index contributed by atoms with van der Waals surface area (Å²) in [7, 11) is 0. The zero-order valence-corrected chi connectivity index (χ0v) is 11.5. The van der Waals surface area contributed by atoms with Gasteiger partial charge in [-0.15, -0.1) is 0 Å². The molecule has 2 aromatic rings. The molecule has 0 spiro atoms. The third-order valence-corrected chi connectivity index (χ3v) is 2.43. The molecule has 5 nitrogen and oxygen atoms in total. The van der Waals surface area contributed by atoms with Gasteiger partial charge < -0.3 is 5.32 Å². The minimum absolute atomic E-state index is 0.206. The van der Waals surface area contributed by atoms with Crippen molar-refractivity contribution in [2.45, 2.75) is 33.2 Å². The maximum Gasteiger partial charge on any atom is 0.255 e. The zero-order chi connectivity index (χ0) is 13.5. The maximum absolute atomic E-state index is 12.2. The van der Waals surface area contributed by atoms with E-state index < -0.39 is 0 Å². The van der Waals surface area contributed by atoms with Gasteiger partial charge in [0.2, 0.25) is 0 Å². The SMILES string of the molecule is Cc1cn2nc(Cl)cc(C(=O)NC(C)(C)C)c2n1. The van der Waals surface area contributed by atoms with Gasteiger partial charge in [-0.05, 0) is 33.8 Å². The molecule has 2 heterocycles. The molecule has 0 saturated heterocycles. The molecule has 0 aliphatic carbocycles. The summed E-state index contributed by atoms with van der Waals surface area (Å²) in [5.41, 5.74) is 1.41. The molecule has 18 heavy (non-hydrogen) atoms. The standard InChI is InChI=1S/C12H15ClN4O/c1-7-6-17-10(14-7)8(5-9(13)16-17)11(18)15-12(2,3)4/h5-6H,1-4H3,(H,15,18). The molecule has 1 N–H and O–H groups in total. The van der Waals surface area contributed by atoms with E-state index in [1.807, 2.05) is 27.7 Å². The Bertz CT molecular complexity index is 612. The summed E-state index contributed by atoms with van der Waals surface area (Å²) in [5.74, 6) is -0.206. The summed E-state index contributed by atoms with van der Waals surface area (Å²) >= 11 is 5.91. The van der Waals surface area contributed by atoms with Crippen LogP contribution < -0.4 is 5.32 Å². The van der Waals surface area contributed by atoms with Gasteiger partial charge in [0.05, 0.1) is 17.5 Å². The van der Waals surface area contributed by atoms with Crippen molar-refractivity contribution in [1.82, 2.24) is 19.9 Å². The topological polar surface area (TPSA) is 59.3 Å². The van der Waals surface area contributed by atoms with Crippen LogP contribution >= 0.6 is 11.6 Å². The fourth-order valence-electron chi connectivity index (χ4n) is 1.64. The highest BCUT2D eigenvalue weighted by molar-refractivity contribution is 6.29. The molecule has 0 unspecified atom stereocenters. The lowest BCUT2D eigenvalue weighted by molar-refractivity contribution is 0.0920. The van der Waals surface area contributed by atoms with Crippen molar-refractivity contribution in [3.63, 3.8) is 0 Å². The molecule has 0 saturated carbocycles. The van der Waals surface area contributed by atoms with Crippen molar-refractivity contribution >= 4 is 23.2 Å². The van der Waals surface area contributed by atoms with Crippen LogP contribution in [-0.4, -0.2) is 26.0 Å². The average molecular weight is 267 g/mol. The quantitative estimate of drug-likeness (QED) is 0.861. The Labute approximate surface area is 110 Å². The number of carbonyl (C=O) groups excluding carboxylic acids is 1. The van der Waals surface area contributed by atoms with E-state index in [1.165, 1.54) is 10.6 Å². The summed E-state index contributed by atoms with van der Waals surface area (Å²) in [6.45, 7) is 7.60. The van der Waals surface area contributed by atoms with Crippen LogP contribution in [0.25, 0.3) is 5.65 Å². The number of imidazole rings is 1. The summed E-state index contributed by atoms with van der Waals surface area (Å²) < 4.78 is 1.52. The van der Waals surface area contributed by atoms with Crippen LogP contribution in [0.1, 0.15) is 36.8 Å². The minimum Gasteiger partial charge on any atom is -0.347 e. The number of nitrogens with one attached hydrogen (secondary N) is 1. The van der Waals surface area contributed by atoms with Gasteiger partial charge in [-0.1, -0.05) is 11.6 Å². The highest BCUT2D eigenvalue weighted by Gasteiger charge is 2.19. The van der Waals surface area contributed by atoms with Crippen LogP contribution in [0.3, 0.4) is 0 Å². The van der Waals surface area contributed by atoms with E-state index >= 15 is 0 Å². The van der Waals surface area contributed by atoms with Gasteiger partial charge in [-0.3, -0.25) is 4.79 Å². The summed E-state index contributed by atoms with van der Waals surface area (Å²) in [4.78, 5) is 16.5. The predicted octanol–water partition coefficient (Wildman–Crippen LogP) is 2.22. The van der Waals surface area contributed by atoms with E-state index in [9.17, 15) is 4.79 Å². The van der Waals surface area contributed by atoms with Gasteiger partial charge in [0, 0.05) is 5.54 Å². The first-order valence-corrected chi connectivity index (χ1v) is 5.99. The molecule has 2 aromatic heterocycles. The highest BCUT2D eigenvalue weighted by atomic mass is 35.5. The molecule has 0 aromatic carbocycles. The smallest absolute Gasteiger partial charge is 0.255 e. The second kappa shape index (κ2) is 4.24.